The topological polar surface area (TPSA) is 116 Å². The summed E-state index contributed by atoms with van der Waals surface area (Å²) in [4.78, 5) is 36.8. The quantitative estimate of drug-likeness (QED) is 0.417. The fourth-order valence-electron chi connectivity index (χ4n) is 3.36. The van der Waals surface area contributed by atoms with Crippen LogP contribution in [0.5, 0.6) is 0 Å². The molecule has 32 heavy (non-hydrogen) atoms. The smallest absolute Gasteiger partial charge is 0.272 e. The average molecular weight is 428 g/mol. The lowest BCUT2D eigenvalue weighted by molar-refractivity contribution is 0.0931. The Morgan fingerprint density at radius 3 is 2.53 bits per heavy atom. The van der Waals surface area contributed by atoms with E-state index in [-0.39, 0.29) is 17.4 Å². The van der Waals surface area contributed by atoms with Crippen molar-refractivity contribution in [3.63, 3.8) is 0 Å². The fourth-order valence-corrected chi connectivity index (χ4v) is 3.36. The van der Waals surface area contributed by atoms with Gasteiger partial charge in [0.15, 0.2) is 5.82 Å². The van der Waals surface area contributed by atoms with Gasteiger partial charge in [-0.1, -0.05) is 50.2 Å². The van der Waals surface area contributed by atoms with E-state index in [2.05, 4.69) is 30.5 Å². The number of hydrogen-bond donors (Lipinski definition) is 3. The lowest BCUT2D eigenvalue weighted by atomic mass is 10.0. The number of nitrogens with zero attached hydrogens (tertiary/aromatic N) is 3. The Hall–Kier alpha value is -4.07. The van der Waals surface area contributed by atoms with Crippen LogP contribution in [-0.4, -0.2) is 31.1 Å². The van der Waals surface area contributed by atoms with Gasteiger partial charge < -0.3 is 10.3 Å². The first kappa shape index (κ1) is 21.2. The normalized spacial score (nSPS) is 12.0. The minimum atomic E-state index is -0.395. The van der Waals surface area contributed by atoms with Gasteiger partial charge in [-0.05, 0) is 29.7 Å². The fraction of sp³-hybridized carbons (Fsp3) is 0.208. The highest BCUT2D eigenvalue weighted by Crippen LogP contribution is 2.20. The summed E-state index contributed by atoms with van der Waals surface area (Å²) >= 11 is 0. The van der Waals surface area contributed by atoms with Crippen LogP contribution in [0, 0.1) is 0 Å². The average Bonchev–Trinajstić information content (AvgIpc) is 3.30. The number of nitrogens with one attached hydrogen (secondary N) is 3. The van der Waals surface area contributed by atoms with Gasteiger partial charge >= 0.3 is 0 Å². The Kier molecular flexibility index (Phi) is 6.21. The molecular weight excluding hydrogens is 404 g/mol. The summed E-state index contributed by atoms with van der Waals surface area (Å²) in [5, 5.41) is 10.1. The molecule has 0 aliphatic rings. The molecule has 0 saturated carbocycles. The minimum Gasteiger partial charge on any atom is -0.343 e. The molecule has 0 aliphatic carbocycles. The molecule has 8 heteroatoms. The molecule has 3 N–H and O–H groups in total. The summed E-state index contributed by atoms with van der Waals surface area (Å²) in [6.07, 6.45) is 1.98. The van der Waals surface area contributed by atoms with Crippen LogP contribution in [0.15, 0.2) is 71.7 Å². The van der Waals surface area contributed by atoms with Gasteiger partial charge in [0.25, 0.3) is 11.5 Å². The van der Waals surface area contributed by atoms with Gasteiger partial charge in [-0.3, -0.25) is 19.7 Å². The Morgan fingerprint density at radius 2 is 1.84 bits per heavy atom. The molecule has 0 radical (unpaired) electrons. The van der Waals surface area contributed by atoms with Crippen molar-refractivity contribution < 1.29 is 4.79 Å². The molecule has 0 spiro atoms. The monoisotopic (exact) mass is 428 g/mol. The highest BCUT2D eigenvalue weighted by atomic mass is 16.2. The van der Waals surface area contributed by atoms with Crippen molar-refractivity contribution in [3.8, 4) is 11.5 Å². The van der Waals surface area contributed by atoms with Crippen LogP contribution >= 0.6 is 0 Å². The number of rotatable bonds is 7. The van der Waals surface area contributed by atoms with Crippen molar-refractivity contribution in [2.24, 2.45) is 0 Å². The largest absolute Gasteiger partial charge is 0.343 e. The van der Waals surface area contributed by atoms with E-state index in [0.29, 0.717) is 29.3 Å². The maximum Gasteiger partial charge on any atom is 0.272 e. The summed E-state index contributed by atoms with van der Waals surface area (Å²) in [7, 11) is 0. The molecule has 0 unspecified atom stereocenters. The summed E-state index contributed by atoms with van der Waals surface area (Å²) in [5.74, 6) is 0.330. The molecule has 0 fully saturated rings. The predicted octanol–water partition coefficient (Wildman–Crippen LogP) is 3.39. The predicted molar refractivity (Wildman–Crippen MR) is 121 cm³/mol. The molecule has 3 heterocycles. The van der Waals surface area contributed by atoms with E-state index in [9.17, 15) is 9.59 Å². The lowest BCUT2D eigenvalue weighted by Gasteiger charge is -2.18. The molecule has 1 amide bonds. The Balaban J connectivity index is 1.62. The van der Waals surface area contributed by atoms with Crippen molar-refractivity contribution in [2.75, 3.05) is 0 Å². The number of pyridine rings is 1. The number of aromatic amines is 2. The number of carbonyl (C=O) groups excluding carboxylic acids is 1. The van der Waals surface area contributed by atoms with Crippen LogP contribution in [0.2, 0.25) is 0 Å². The van der Waals surface area contributed by atoms with Crippen LogP contribution in [0.1, 0.15) is 53.2 Å². The zero-order valence-electron chi connectivity index (χ0n) is 17.9. The zero-order chi connectivity index (χ0) is 22.5. The lowest BCUT2D eigenvalue weighted by Crippen LogP contribution is -2.31. The van der Waals surface area contributed by atoms with Crippen molar-refractivity contribution in [3.05, 3.63) is 99.9 Å². The van der Waals surface area contributed by atoms with Gasteiger partial charge in [-0.2, -0.15) is 5.10 Å². The van der Waals surface area contributed by atoms with Crippen molar-refractivity contribution in [1.29, 1.82) is 0 Å². The van der Waals surface area contributed by atoms with Crippen LogP contribution < -0.4 is 10.9 Å². The third-order valence-corrected chi connectivity index (χ3v) is 5.08. The van der Waals surface area contributed by atoms with Crippen molar-refractivity contribution in [1.82, 2.24) is 30.5 Å². The van der Waals surface area contributed by atoms with Gasteiger partial charge in [0.2, 0.25) is 0 Å². The standard InChI is InChI=1S/C24H24N6O2/c1-15(2)19-14-21(30-29-19)24(32)27-20(16-8-4-3-5-9-16)12-17-13-22(31)28-23(26-17)18-10-6-7-11-25-18/h3-11,13-15,20H,12H2,1-2H3,(H,27,32)(H,29,30)(H,26,28,31)/t20-/m1/s1. The second-order valence-corrected chi connectivity index (χ2v) is 7.80. The third kappa shape index (κ3) is 4.97. The molecular formula is C24H24N6O2. The number of carbonyl (C=O) groups is 1. The molecule has 0 aliphatic heterocycles. The molecule has 0 saturated heterocycles. The Labute approximate surface area is 185 Å². The molecule has 1 atom stereocenters. The van der Waals surface area contributed by atoms with E-state index >= 15 is 0 Å². The summed E-state index contributed by atoms with van der Waals surface area (Å²) < 4.78 is 0. The molecule has 162 valence electrons. The second-order valence-electron chi connectivity index (χ2n) is 7.80. The van der Waals surface area contributed by atoms with E-state index < -0.39 is 6.04 Å². The molecule has 3 aromatic heterocycles. The third-order valence-electron chi connectivity index (χ3n) is 5.08. The summed E-state index contributed by atoms with van der Waals surface area (Å²) in [6.45, 7) is 4.06. The number of amides is 1. The van der Waals surface area contributed by atoms with E-state index in [1.807, 2.05) is 50.2 Å². The van der Waals surface area contributed by atoms with E-state index in [4.69, 9.17) is 0 Å². The minimum absolute atomic E-state index is 0.235. The van der Waals surface area contributed by atoms with Gasteiger partial charge in [0.05, 0.1) is 11.7 Å². The van der Waals surface area contributed by atoms with E-state index in [0.717, 1.165) is 11.3 Å². The van der Waals surface area contributed by atoms with E-state index in [1.165, 1.54) is 6.07 Å². The summed E-state index contributed by atoms with van der Waals surface area (Å²) in [6, 6.07) is 17.8. The molecule has 8 nitrogen and oxygen atoms in total. The van der Waals surface area contributed by atoms with Crippen LogP contribution in [0.25, 0.3) is 11.5 Å². The second kappa shape index (κ2) is 9.38. The highest BCUT2D eigenvalue weighted by molar-refractivity contribution is 5.92. The van der Waals surface area contributed by atoms with Crippen LogP contribution in [-0.2, 0) is 6.42 Å². The highest BCUT2D eigenvalue weighted by Gasteiger charge is 2.20. The van der Waals surface area contributed by atoms with Gasteiger partial charge in [0.1, 0.15) is 11.4 Å². The maximum absolute atomic E-state index is 12.9. The number of H-pyrrole nitrogens is 2. The first-order chi connectivity index (χ1) is 15.5. The van der Waals surface area contributed by atoms with Crippen molar-refractivity contribution in [2.45, 2.75) is 32.2 Å². The van der Waals surface area contributed by atoms with E-state index in [1.54, 1.807) is 24.4 Å². The van der Waals surface area contributed by atoms with Gasteiger partial charge in [-0.15, -0.1) is 0 Å². The number of aromatic nitrogens is 5. The first-order valence-corrected chi connectivity index (χ1v) is 10.4. The SMILES string of the molecule is CC(C)c1cc(C(=O)N[C@H](Cc2cc(=O)[nH]c(-c3ccccn3)n2)c2ccccc2)n[nH]1. The van der Waals surface area contributed by atoms with Crippen molar-refractivity contribution >= 4 is 5.91 Å². The zero-order valence-corrected chi connectivity index (χ0v) is 17.9. The molecule has 0 bridgehead atoms. The van der Waals surface area contributed by atoms with Crippen LogP contribution in [0.4, 0.5) is 0 Å². The number of benzene rings is 1. The Morgan fingerprint density at radius 1 is 1.06 bits per heavy atom. The summed E-state index contributed by atoms with van der Waals surface area (Å²) in [5.41, 5.74) is 2.97. The first-order valence-electron chi connectivity index (χ1n) is 10.4. The number of hydrogen-bond acceptors (Lipinski definition) is 5. The van der Waals surface area contributed by atoms with Gasteiger partial charge in [0, 0.05) is 24.4 Å². The van der Waals surface area contributed by atoms with Gasteiger partial charge in [-0.25, -0.2) is 4.98 Å². The van der Waals surface area contributed by atoms with Crippen LogP contribution in [0.3, 0.4) is 0 Å². The Bertz CT molecular complexity index is 1250. The maximum atomic E-state index is 12.9. The molecule has 1 aromatic carbocycles. The molecule has 4 rings (SSSR count). The molecule has 4 aromatic rings.